The van der Waals surface area contributed by atoms with Crippen LogP contribution in [0, 0.1) is 6.92 Å². The number of urea groups is 1. The zero-order valence-corrected chi connectivity index (χ0v) is 22.2. The molecule has 0 radical (unpaired) electrons. The highest BCUT2D eigenvalue weighted by atomic mass is 16.5. The van der Waals surface area contributed by atoms with Gasteiger partial charge in [-0.25, -0.2) is 4.79 Å². The lowest BCUT2D eigenvalue weighted by Crippen LogP contribution is -2.62. The van der Waals surface area contributed by atoms with Gasteiger partial charge in [0, 0.05) is 20.2 Å². The topological polar surface area (TPSA) is 129 Å². The summed E-state index contributed by atoms with van der Waals surface area (Å²) in [5.41, 5.74) is 0.708. The van der Waals surface area contributed by atoms with Gasteiger partial charge in [-0.15, -0.1) is 0 Å². The van der Waals surface area contributed by atoms with Crippen LogP contribution in [0.25, 0.3) is 27.3 Å². The van der Waals surface area contributed by atoms with Crippen molar-refractivity contribution < 1.29 is 32.4 Å². The zero-order chi connectivity index (χ0) is 27.1. The molecule has 0 aliphatic carbocycles. The summed E-state index contributed by atoms with van der Waals surface area (Å²) in [6, 6.07) is 2.53. The maximum absolute atomic E-state index is 12.6. The van der Waals surface area contributed by atoms with Crippen molar-refractivity contribution in [3.8, 4) is 11.5 Å². The number of aryl methyl sites for hydroxylation is 1. The minimum atomic E-state index is -0.423. The molecule has 2 atom stereocenters. The summed E-state index contributed by atoms with van der Waals surface area (Å²) in [7, 11) is 10.9. The number of rotatable bonds is 5. The van der Waals surface area contributed by atoms with Crippen molar-refractivity contribution in [2.75, 3.05) is 62.2 Å². The van der Waals surface area contributed by atoms with E-state index in [1.807, 2.05) is 0 Å². The van der Waals surface area contributed by atoms with Gasteiger partial charge in [-0.05, 0) is 19.0 Å². The van der Waals surface area contributed by atoms with Crippen LogP contribution in [-0.4, -0.2) is 101 Å². The number of nitrogens with one attached hydrogen (secondary N) is 1. The number of quaternary nitrogens is 1. The standard InChI is InChI=1S/C18H22NO5.C7H11N4O2/c1-11-10-13(20)14-15(23-9-7-19(2,3)4)12-6-8-22-16(12)18(21-5)17(14)24-11;1-10-5-4(8-3-9-5)6(12)11(2)7(10)13/h6,8,10H,7,9H2,1-5H3;4-5,9H,3H2,1-2H3/q+1;-1. The molecular weight excluding hydrogens is 482 g/mol. The van der Waals surface area contributed by atoms with Crippen LogP contribution in [0.4, 0.5) is 4.79 Å². The van der Waals surface area contributed by atoms with Crippen molar-refractivity contribution in [3.05, 3.63) is 39.7 Å². The minimum absolute atomic E-state index is 0.157. The molecule has 0 bridgehead atoms. The van der Waals surface area contributed by atoms with Crippen LogP contribution < -0.4 is 20.2 Å². The first-order valence-corrected chi connectivity index (χ1v) is 11.8. The molecule has 2 saturated heterocycles. The van der Waals surface area contributed by atoms with Crippen molar-refractivity contribution >= 4 is 33.9 Å². The Kier molecular flexibility index (Phi) is 7.18. The molecule has 1 N–H and O–H groups in total. The van der Waals surface area contributed by atoms with Gasteiger partial charge in [-0.3, -0.25) is 14.5 Å². The van der Waals surface area contributed by atoms with Crippen LogP contribution in [0.2, 0.25) is 0 Å². The van der Waals surface area contributed by atoms with Crippen LogP contribution in [0.5, 0.6) is 11.5 Å². The predicted octanol–water partition coefficient (Wildman–Crippen LogP) is 2.08. The quantitative estimate of drug-likeness (QED) is 0.512. The van der Waals surface area contributed by atoms with Crippen molar-refractivity contribution in [3.63, 3.8) is 0 Å². The molecule has 0 saturated carbocycles. The van der Waals surface area contributed by atoms with Crippen molar-refractivity contribution in [2.24, 2.45) is 0 Å². The number of ether oxygens (including phenoxy) is 2. The molecule has 200 valence electrons. The average Bonchev–Trinajstić information content (AvgIpc) is 3.51. The summed E-state index contributed by atoms with van der Waals surface area (Å²) in [5.74, 6) is 1.17. The van der Waals surface area contributed by atoms with Crippen molar-refractivity contribution in [1.82, 2.24) is 15.1 Å². The molecule has 12 nitrogen and oxygen atoms in total. The molecule has 2 aromatic heterocycles. The molecule has 2 unspecified atom stereocenters. The van der Waals surface area contributed by atoms with Gasteiger partial charge in [0.2, 0.25) is 11.7 Å². The van der Waals surface area contributed by atoms with Crippen LogP contribution in [-0.2, 0) is 4.79 Å². The Morgan fingerprint density at radius 1 is 1.16 bits per heavy atom. The molecule has 12 heteroatoms. The lowest BCUT2D eigenvalue weighted by Gasteiger charge is -2.42. The van der Waals surface area contributed by atoms with Crippen molar-refractivity contribution in [2.45, 2.75) is 19.1 Å². The smallest absolute Gasteiger partial charge is 0.327 e. The van der Waals surface area contributed by atoms with E-state index in [9.17, 15) is 14.4 Å². The zero-order valence-electron chi connectivity index (χ0n) is 22.2. The summed E-state index contributed by atoms with van der Waals surface area (Å²) in [5, 5.41) is 8.15. The van der Waals surface area contributed by atoms with Crippen molar-refractivity contribution in [1.29, 1.82) is 0 Å². The summed E-state index contributed by atoms with van der Waals surface area (Å²) in [6.45, 7) is 3.43. The van der Waals surface area contributed by atoms with Gasteiger partial charge in [0.1, 0.15) is 30.0 Å². The van der Waals surface area contributed by atoms with E-state index in [4.69, 9.17) is 18.3 Å². The highest BCUT2D eigenvalue weighted by Gasteiger charge is 2.39. The maximum Gasteiger partial charge on any atom is 0.327 e. The van der Waals surface area contributed by atoms with Crippen LogP contribution in [0.15, 0.2) is 32.0 Å². The van der Waals surface area contributed by atoms with Gasteiger partial charge in [0.25, 0.3) is 0 Å². The Hall–Kier alpha value is -3.61. The number of amides is 3. The van der Waals surface area contributed by atoms with E-state index in [2.05, 4.69) is 31.8 Å². The molecule has 2 aliphatic rings. The summed E-state index contributed by atoms with van der Waals surface area (Å²) >= 11 is 0. The second kappa shape index (κ2) is 10.0. The SMILES string of the molecule is CN1C(=O)C2[N-]CNC2N(C)C1=O.COc1c2occc2c(OCC[N+](C)(C)C)c2c(=O)cc(C)oc12. The fraction of sp³-hybridized carbons (Fsp3) is 0.480. The molecular formula is C25H33N5O7. The summed E-state index contributed by atoms with van der Waals surface area (Å²) < 4.78 is 23.5. The third-order valence-corrected chi connectivity index (χ3v) is 6.31. The molecule has 2 aliphatic heterocycles. The highest BCUT2D eigenvalue weighted by molar-refractivity contribution is 6.06. The Labute approximate surface area is 214 Å². The van der Waals surface area contributed by atoms with E-state index >= 15 is 0 Å². The molecule has 37 heavy (non-hydrogen) atoms. The Morgan fingerprint density at radius 2 is 1.89 bits per heavy atom. The monoisotopic (exact) mass is 515 g/mol. The predicted molar refractivity (Wildman–Crippen MR) is 137 cm³/mol. The van der Waals surface area contributed by atoms with E-state index in [1.165, 1.54) is 25.1 Å². The number of hydrogen-bond acceptors (Lipinski definition) is 8. The minimum Gasteiger partial charge on any atom is -0.637 e. The fourth-order valence-electron chi connectivity index (χ4n) is 4.31. The van der Waals surface area contributed by atoms with Crippen LogP contribution in [0.3, 0.4) is 0 Å². The number of hydrogen-bond donors (Lipinski definition) is 1. The van der Waals surface area contributed by atoms with Gasteiger partial charge in [-0.1, -0.05) is 6.67 Å². The number of methoxy groups -OCH3 is 1. The Bertz CT molecular complexity index is 1390. The number of imide groups is 1. The second-order valence-corrected chi connectivity index (χ2v) is 10.0. The molecule has 0 spiro atoms. The second-order valence-electron chi connectivity index (χ2n) is 10.0. The lowest BCUT2D eigenvalue weighted by molar-refractivity contribution is -0.870. The average molecular weight is 516 g/mol. The fourth-order valence-corrected chi connectivity index (χ4v) is 4.31. The number of carbonyl (C=O) groups excluding carboxylic acids is 2. The van der Waals surface area contributed by atoms with Crippen LogP contribution in [0.1, 0.15) is 5.76 Å². The molecule has 2 fully saturated rings. The van der Waals surface area contributed by atoms with Gasteiger partial charge in [0.05, 0.1) is 46.1 Å². The Balaban J connectivity index is 0.000000207. The normalized spacial score (nSPS) is 19.8. The molecule has 3 aromatic rings. The molecule has 5 rings (SSSR count). The third-order valence-electron chi connectivity index (χ3n) is 6.31. The molecule has 3 amide bonds. The van der Waals surface area contributed by atoms with E-state index in [0.29, 0.717) is 52.5 Å². The number of fused-ring (bicyclic) bond motifs is 3. The molecule has 4 heterocycles. The number of benzene rings is 1. The maximum atomic E-state index is 12.6. The third kappa shape index (κ3) is 4.99. The summed E-state index contributed by atoms with van der Waals surface area (Å²) in [6.07, 6.45) is 1.30. The van der Waals surface area contributed by atoms with E-state index in [1.54, 1.807) is 26.3 Å². The van der Waals surface area contributed by atoms with Gasteiger partial charge < -0.3 is 38.3 Å². The van der Waals surface area contributed by atoms with Gasteiger partial charge in [0.15, 0.2) is 16.6 Å². The molecule has 1 aromatic carbocycles. The number of carbonyl (C=O) groups is 2. The van der Waals surface area contributed by atoms with E-state index in [0.717, 1.165) is 15.9 Å². The summed E-state index contributed by atoms with van der Waals surface area (Å²) in [4.78, 5) is 38.1. The first-order chi connectivity index (χ1) is 17.4. The highest BCUT2D eigenvalue weighted by Crippen LogP contribution is 2.42. The Morgan fingerprint density at radius 3 is 2.57 bits per heavy atom. The van der Waals surface area contributed by atoms with Gasteiger partial charge >= 0.3 is 6.03 Å². The largest absolute Gasteiger partial charge is 0.637 e. The van der Waals surface area contributed by atoms with Crippen LogP contribution >= 0.6 is 0 Å². The lowest BCUT2D eigenvalue weighted by atomic mass is 10.1. The number of likely N-dealkylation sites (N-methyl/N-ethyl adjacent to an activating group) is 3. The first-order valence-electron chi connectivity index (χ1n) is 11.8. The first kappa shape index (κ1) is 26.5. The van der Waals surface area contributed by atoms with Gasteiger partial charge in [-0.2, -0.15) is 0 Å². The number of nitrogens with zero attached hydrogens (tertiary/aromatic N) is 4. The van der Waals surface area contributed by atoms with E-state index in [-0.39, 0.29) is 23.5 Å². The number of furan rings is 1. The van der Waals surface area contributed by atoms with E-state index < -0.39 is 6.04 Å².